The number of para-hydroxylation sites is 6. The minimum absolute atomic E-state index is 0.0190. The first-order valence-electron chi connectivity index (χ1n) is 33.4. The Morgan fingerprint density at radius 2 is 0.943 bits per heavy atom. The van der Waals surface area contributed by atoms with Crippen molar-refractivity contribution in [2.75, 3.05) is 4.90 Å². The summed E-state index contributed by atoms with van der Waals surface area (Å²) in [6.07, 6.45) is 0. The molecular formula is C81H54BN3OS. The summed E-state index contributed by atoms with van der Waals surface area (Å²) in [4.78, 5) is 4.57. The number of rotatable bonds is 7. The molecule has 3 aliphatic rings. The van der Waals surface area contributed by atoms with E-state index in [1.54, 1.807) is 16.3 Å². The van der Waals surface area contributed by atoms with Gasteiger partial charge in [-0.15, -0.1) is 0 Å². The highest BCUT2D eigenvalue weighted by atomic mass is 32.2. The fraction of sp³-hybridized carbons (Fsp3) is 0.0370. The monoisotopic (exact) mass is 1140 g/mol. The van der Waals surface area contributed by atoms with Gasteiger partial charge in [-0.1, -0.05) is 237 Å². The second-order valence-corrected chi connectivity index (χ2v) is 24.4. The molecule has 18 rings (SSSR count). The second kappa shape index (κ2) is 19.2. The summed E-state index contributed by atoms with van der Waals surface area (Å²) in [5.41, 5.74) is 19.6. The molecule has 4 nitrogen and oxygen atoms in total. The molecule has 0 saturated carbocycles. The van der Waals surface area contributed by atoms with Gasteiger partial charge in [0.15, 0.2) is 0 Å². The molecule has 0 unspecified atom stereocenters. The molecule has 0 amide bonds. The van der Waals surface area contributed by atoms with Gasteiger partial charge in [0.2, 0.25) is 6.71 Å². The maximum atomic E-state index is 9.63. The van der Waals surface area contributed by atoms with Gasteiger partial charge < -0.3 is 18.8 Å². The number of anilines is 3. The molecule has 0 atom stereocenters. The largest absolute Gasteiger partial charge is 0.457 e. The SMILES string of the molecule is [2H]c1c([2H])c([2H])c2c(c1[2H])c1c([2H])c([2H])c([2H])c([2H])c1n2-c1ccc2c(c1)N(c1c(-c3ccccc3)cccc1-c1ccccc1)c1cc(-c3ccc4c(c3)C(C)(C)c3ccccc3O4)cc3c1B2c1ccc(-c2ccc(-n4c5ccccc5c5ccccc54)cc2)cc1S3. The van der Waals surface area contributed by atoms with E-state index >= 15 is 0 Å². The molecule has 2 aromatic heterocycles. The van der Waals surface area contributed by atoms with Crippen LogP contribution in [-0.4, -0.2) is 15.8 Å². The lowest BCUT2D eigenvalue weighted by Crippen LogP contribution is -2.59. The van der Waals surface area contributed by atoms with E-state index < -0.39 is 29.6 Å². The predicted octanol–water partition coefficient (Wildman–Crippen LogP) is 19.7. The fourth-order valence-corrected chi connectivity index (χ4v) is 15.5. The Morgan fingerprint density at radius 3 is 1.64 bits per heavy atom. The first kappa shape index (κ1) is 42.3. The van der Waals surface area contributed by atoms with Crippen molar-refractivity contribution >= 4 is 95.5 Å². The van der Waals surface area contributed by atoms with Crippen LogP contribution in [0.25, 0.3) is 99.5 Å². The molecule has 408 valence electrons. The maximum absolute atomic E-state index is 9.63. The lowest BCUT2D eigenvalue weighted by atomic mass is 9.34. The standard InChI is InChI=1S/C81H54BN3OS/c1-81(2)65-30-13-18-35-75(65)86-76-45-39-54(46-66(76)81)56-47-74-79-78(49-56)87-77-48-55(51-36-40-57(41-37-51)83-69-31-14-9-24-61(69)62-25-10-15-32-70(62)83)38-43-68(77)82(79)67-44-42-58(84-71-33-16-11-26-63(71)64-27-12-17-34-72(64)84)50-73(67)85(74)80-59(52-20-5-3-6-21-52)28-19-29-60(80)53-22-7-4-8-23-53/h3-50H,1-2H3/i11D,12D,16D,17D,26D,27D,33D,34D. The minimum Gasteiger partial charge on any atom is -0.457 e. The van der Waals surface area contributed by atoms with E-state index in [-0.39, 0.29) is 52.7 Å². The van der Waals surface area contributed by atoms with Gasteiger partial charge in [0.1, 0.15) is 11.5 Å². The molecular weight excluding hydrogens is 1070 g/mol. The molecule has 5 heterocycles. The van der Waals surface area contributed by atoms with Crippen molar-refractivity contribution in [3.05, 3.63) is 302 Å². The van der Waals surface area contributed by atoms with Crippen LogP contribution in [-0.2, 0) is 5.41 Å². The number of hydrogen-bond acceptors (Lipinski definition) is 3. The number of ether oxygens (including phenoxy) is 1. The maximum Gasteiger partial charge on any atom is 0.249 e. The Kier molecular flexibility index (Phi) is 9.36. The van der Waals surface area contributed by atoms with Gasteiger partial charge in [-0.25, -0.2) is 0 Å². The summed E-state index contributed by atoms with van der Waals surface area (Å²) in [6.45, 7) is 4.17. The Bertz CT molecular complexity index is 5640. The molecule has 0 spiro atoms. The van der Waals surface area contributed by atoms with Crippen molar-refractivity contribution in [1.82, 2.24) is 9.13 Å². The van der Waals surface area contributed by atoms with E-state index in [2.05, 4.69) is 236 Å². The average molecular weight is 1140 g/mol. The topological polar surface area (TPSA) is 22.3 Å². The molecule has 3 aliphatic heterocycles. The molecule has 87 heavy (non-hydrogen) atoms. The van der Waals surface area contributed by atoms with Crippen LogP contribution in [0.15, 0.2) is 301 Å². The third-order valence-corrected chi connectivity index (χ3v) is 19.4. The molecule has 0 aliphatic carbocycles. The van der Waals surface area contributed by atoms with E-state index in [9.17, 15) is 5.48 Å². The molecule has 0 fully saturated rings. The van der Waals surface area contributed by atoms with E-state index in [4.69, 9.17) is 10.2 Å². The van der Waals surface area contributed by atoms with Gasteiger partial charge in [-0.05, 0) is 129 Å². The Morgan fingerprint density at radius 1 is 0.391 bits per heavy atom. The van der Waals surface area contributed by atoms with Gasteiger partial charge in [0, 0.05) is 81.8 Å². The predicted molar refractivity (Wildman–Crippen MR) is 365 cm³/mol. The van der Waals surface area contributed by atoms with Crippen molar-refractivity contribution in [3.8, 4) is 67.4 Å². The number of benzene rings is 13. The Hall–Kier alpha value is -10.5. The number of aromatic nitrogens is 2. The normalized spacial score (nSPS) is 14.8. The third-order valence-electron chi connectivity index (χ3n) is 18.3. The highest BCUT2D eigenvalue weighted by Gasteiger charge is 2.43. The van der Waals surface area contributed by atoms with E-state index in [0.29, 0.717) is 5.69 Å². The molecule has 0 N–H and O–H groups in total. The van der Waals surface area contributed by atoms with Crippen molar-refractivity contribution in [3.63, 3.8) is 0 Å². The van der Waals surface area contributed by atoms with Crippen LogP contribution in [0.1, 0.15) is 35.9 Å². The van der Waals surface area contributed by atoms with Crippen LogP contribution >= 0.6 is 11.8 Å². The summed E-state index contributed by atoms with van der Waals surface area (Å²) in [6, 6.07) is 82.4. The number of hydrogen-bond donors (Lipinski definition) is 0. The zero-order valence-electron chi connectivity index (χ0n) is 55.3. The fourth-order valence-electron chi connectivity index (χ4n) is 14.2. The van der Waals surface area contributed by atoms with Gasteiger partial charge in [-0.3, -0.25) is 0 Å². The third kappa shape index (κ3) is 7.60. The zero-order valence-corrected chi connectivity index (χ0v) is 48.1. The Labute approximate surface area is 521 Å². The first-order valence-corrected chi connectivity index (χ1v) is 30.2. The lowest BCUT2D eigenvalue weighted by molar-refractivity contribution is 0.418. The Balaban J connectivity index is 0.917. The quantitative estimate of drug-likeness (QED) is 0.149. The first-order chi connectivity index (χ1) is 46.2. The summed E-state index contributed by atoms with van der Waals surface area (Å²) >= 11 is 1.78. The van der Waals surface area contributed by atoms with Gasteiger partial charge in [0.05, 0.1) is 38.7 Å². The molecule has 0 saturated heterocycles. The van der Waals surface area contributed by atoms with E-state index in [0.717, 1.165) is 127 Å². The van der Waals surface area contributed by atoms with Crippen molar-refractivity contribution in [2.45, 2.75) is 29.1 Å². The molecule has 13 aromatic carbocycles. The number of fused-ring (bicyclic) bond motifs is 12. The molecule has 15 aromatic rings. The van der Waals surface area contributed by atoms with Gasteiger partial charge in [0.25, 0.3) is 0 Å². The summed E-state index contributed by atoms with van der Waals surface area (Å²) in [7, 11) is 0. The second-order valence-electron chi connectivity index (χ2n) is 23.3. The summed E-state index contributed by atoms with van der Waals surface area (Å²) < 4.78 is 84.7. The molecule has 0 bridgehead atoms. The van der Waals surface area contributed by atoms with Crippen LogP contribution in [0.3, 0.4) is 0 Å². The van der Waals surface area contributed by atoms with Crippen molar-refractivity contribution in [2.24, 2.45) is 0 Å². The van der Waals surface area contributed by atoms with E-state index in [1.807, 2.05) is 30.3 Å². The smallest absolute Gasteiger partial charge is 0.249 e. The van der Waals surface area contributed by atoms with Crippen LogP contribution in [0.4, 0.5) is 17.1 Å². The summed E-state index contributed by atoms with van der Waals surface area (Å²) in [5, 5.41) is 2.45. The lowest BCUT2D eigenvalue weighted by Gasteiger charge is -2.42. The highest BCUT2D eigenvalue weighted by Crippen LogP contribution is 2.53. The van der Waals surface area contributed by atoms with Crippen LogP contribution in [0.5, 0.6) is 11.5 Å². The average Bonchev–Trinajstić information content (AvgIpc) is 1.63. The van der Waals surface area contributed by atoms with Crippen LogP contribution in [0.2, 0.25) is 0 Å². The van der Waals surface area contributed by atoms with Crippen molar-refractivity contribution in [1.29, 1.82) is 0 Å². The van der Waals surface area contributed by atoms with E-state index in [1.165, 1.54) is 10.8 Å². The minimum atomic E-state index is -0.493. The summed E-state index contributed by atoms with van der Waals surface area (Å²) in [5.74, 6) is 1.65. The highest BCUT2D eigenvalue weighted by molar-refractivity contribution is 8.00. The van der Waals surface area contributed by atoms with Crippen LogP contribution < -0.4 is 26.0 Å². The van der Waals surface area contributed by atoms with Crippen LogP contribution in [0, 0.1) is 0 Å². The number of nitrogens with zero attached hydrogens (tertiary/aromatic N) is 3. The van der Waals surface area contributed by atoms with Gasteiger partial charge >= 0.3 is 0 Å². The molecule has 6 heteroatoms. The van der Waals surface area contributed by atoms with Crippen molar-refractivity contribution < 1.29 is 15.7 Å². The molecule has 0 radical (unpaired) electrons. The zero-order chi connectivity index (χ0) is 64.4. The van der Waals surface area contributed by atoms with Gasteiger partial charge in [-0.2, -0.15) is 0 Å².